The number of benzene rings is 1. The summed E-state index contributed by atoms with van der Waals surface area (Å²) in [5, 5.41) is 5.28. The predicted molar refractivity (Wildman–Crippen MR) is 70.6 cm³/mol. The van der Waals surface area contributed by atoms with Crippen LogP contribution in [-0.2, 0) is 7.05 Å². The molecule has 0 saturated heterocycles. The topological polar surface area (TPSA) is 95.6 Å². The number of rotatable bonds is 1. The molecule has 0 aliphatic heterocycles. The average molecular weight is 240 g/mol. The molecule has 4 N–H and O–H groups in total. The monoisotopic (exact) mass is 240 g/mol. The van der Waals surface area contributed by atoms with Gasteiger partial charge in [-0.15, -0.1) is 0 Å². The third-order valence-corrected chi connectivity index (χ3v) is 2.90. The summed E-state index contributed by atoms with van der Waals surface area (Å²) in [6, 6.07) is 5.97. The summed E-state index contributed by atoms with van der Waals surface area (Å²) in [4.78, 5) is 7.93. The number of nitrogen functional groups attached to an aromatic ring is 2. The highest BCUT2D eigenvalue weighted by Crippen LogP contribution is 2.27. The van der Waals surface area contributed by atoms with Crippen LogP contribution in [-0.4, -0.2) is 19.7 Å². The van der Waals surface area contributed by atoms with Crippen molar-refractivity contribution >= 4 is 22.7 Å². The lowest BCUT2D eigenvalue weighted by Gasteiger charge is -2.05. The molecule has 0 spiro atoms. The zero-order chi connectivity index (χ0) is 12.7. The van der Waals surface area contributed by atoms with Gasteiger partial charge in [0.1, 0.15) is 5.82 Å². The van der Waals surface area contributed by atoms with Crippen molar-refractivity contribution in [3.8, 4) is 11.1 Å². The van der Waals surface area contributed by atoms with Crippen molar-refractivity contribution in [3.05, 3.63) is 30.6 Å². The lowest BCUT2D eigenvalue weighted by molar-refractivity contribution is 0.797. The van der Waals surface area contributed by atoms with E-state index in [1.165, 1.54) is 0 Å². The Hall–Kier alpha value is -2.63. The molecule has 90 valence electrons. The molecule has 6 heteroatoms. The maximum absolute atomic E-state index is 5.86. The van der Waals surface area contributed by atoms with Gasteiger partial charge in [-0.1, -0.05) is 12.1 Å². The van der Waals surface area contributed by atoms with E-state index in [1.807, 2.05) is 36.1 Å². The van der Waals surface area contributed by atoms with Crippen LogP contribution in [0.2, 0.25) is 0 Å². The SMILES string of the molecule is Cn1ncc2ccc(-c3cnc(N)nc3N)cc21. The Labute approximate surface area is 103 Å². The number of hydrogen-bond acceptors (Lipinski definition) is 5. The summed E-state index contributed by atoms with van der Waals surface area (Å²) in [5.74, 6) is 0.557. The van der Waals surface area contributed by atoms with Crippen molar-refractivity contribution in [1.82, 2.24) is 19.7 Å². The van der Waals surface area contributed by atoms with E-state index in [-0.39, 0.29) is 5.95 Å². The molecule has 0 saturated carbocycles. The molecule has 0 unspecified atom stereocenters. The standard InChI is InChI=1S/C12H12N6/c1-18-10-4-7(2-3-8(10)5-16-18)9-6-15-12(14)17-11(9)13/h2-6H,1H3,(H4,13,14,15,17). The fraction of sp³-hybridized carbons (Fsp3) is 0.0833. The van der Waals surface area contributed by atoms with Crippen LogP contribution in [0.15, 0.2) is 30.6 Å². The molecule has 6 nitrogen and oxygen atoms in total. The van der Waals surface area contributed by atoms with E-state index in [2.05, 4.69) is 15.1 Å². The third-order valence-electron chi connectivity index (χ3n) is 2.90. The van der Waals surface area contributed by atoms with Crippen LogP contribution in [0.5, 0.6) is 0 Å². The van der Waals surface area contributed by atoms with E-state index in [1.54, 1.807) is 6.20 Å². The second kappa shape index (κ2) is 3.69. The minimum Gasteiger partial charge on any atom is -0.383 e. The van der Waals surface area contributed by atoms with Crippen molar-refractivity contribution in [2.75, 3.05) is 11.5 Å². The van der Waals surface area contributed by atoms with Gasteiger partial charge in [0.2, 0.25) is 5.95 Å². The molecule has 3 rings (SSSR count). The molecule has 0 atom stereocenters. The first kappa shape index (κ1) is 10.5. The highest BCUT2D eigenvalue weighted by atomic mass is 15.2. The van der Waals surface area contributed by atoms with Crippen LogP contribution in [0.1, 0.15) is 0 Å². The molecule has 2 heterocycles. The van der Waals surface area contributed by atoms with Gasteiger partial charge in [-0.2, -0.15) is 10.1 Å². The summed E-state index contributed by atoms with van der Waals surface area (Å²) < 4.78 is 1.81. The molecular weight excluding hydrogens is 228 g/mol. The van der Waals surface area contributed by atoms with Gasteiger partial charge in [0.15, 0.2) is 0 Å². The lowest BCUT2D eigenvalue weighted by Crippen LogP contribution is -2.01. The van der Waals surface area contributed by atoms with E-state index in [0.29, 0.717) is 5.82 Å². The molecule has 3 aromatic rings. The summed E-state index contributed by atoms with van der Waals surface area (Å²) in [7, 11) is 1.90. The van der Waals surface area contributed by atoms with Crippen LogP contribution in [0.25, 0.3) is 22.0 Å². The van der Waals surface area contributed by atoms with Gasteiger partial charge in [0, 0.05) is 24.2 Å². The Morgan fingerprint density at radius 1 is 1.17 bits per heavy atom. The fourth-order valence-corrected chi connectivity index (χ4v) is 1.94. The van der Waals surface area contributed by atoms with E-state index < -0.39 is 0 Å². The average Bonchev–Trinajstić information content (AvgIpc) is 2.71. The zero-order valence-electron chi connectivity index (χ0n) is 9.83. The van der Waals surface area contributed by atoms with Gasteiger partial charge in [0.25, 0.3) is 0 Å². The summed E-state index contributed by atoms with van der Waals surface area (Å²) in [5.41, 5.74) is 14.1. The van der Waals surface area contributed by atoms with E-state index in [0.717, 1.165) is 22.0 Å². The molecule has 0 amide bonds. The number of aryl methyl sites for hydroxylation is 1. The lowest BCUT2D eigenvalue weighted by atomic mass is 10.1. The van der Waals surface area contributed by atoms with Gasteiger partial charge >= 0.3 is 0 Å². The van der Waals surface area contributed by atoms with Crippen LogP contribution >= 0.6 is 0 Å². The molecule has 2 aromatic heterocycles. The minimum atomic E-state index is 0.179. The number of fused-ring (bicyclic) bond motifs is 1. The molecule has 1 aromatic carbocycles. The van der Waals surface area contributed by atoms with Crippen molar-refractivity contribution < 1.29 is 0 Å². The Balaban J connectivity index is 2.21. The molecule has 0 radical (unpaired) electrons. The Morgan fingerprint density at radius 2 is 2.00 bits per heavy atom. The predicted octanol–water partition coefficient (Wildman–Crippen LogP) is 1.19. The number of nitrogens with two attached hydrogens (primary N) is 2. The highest BCUT2D eigenvalue weighted by Gasteiger charge is 2.07. The van der Waals surface area contributed by atoms with E-state index in [9.17, 15) is 0 Å². The largest absolute Gasteiger partial charge is 0.383 e. The number of anilines is 2. The van der Waals surface area contributed by atoms with E-state index >= 15 is 0 Å². The van der Waals surface area contributed by atoms with Gasteiger partial charge in [-0.3, -0.25) is 4.68 Å². The summed E-state index contributed by atoms with van der Waals surface area (Å²) in [6.45, 7) is 0. The maximum atomic E-state index is 5.86. The van der Waals surface area contributed by atoms with Crippen molar-refractivity contribution in [2.45, 2.75) is 0 Å². The van der Waals surface area contributed by atoms with Crippen molar-refractivity contribution in [2.24, 2.45) is 7.05 Å². The Morgan fingerprint density at radius 3 is 2.78 bits per heavy atom. The Kier molecular flexibility index (Phi) is 2.16. The Bertz CT molecular complexity index is 731. The van der Waals surface area contributed by atoms with Crippen molar-refractivity contribution in [3.63, 3.8) is 0 Å². The third kappa shape index (κ3) is 1.55. The molecule has 0 aliphatic carbocycles. The minimum absolute atomic E-state index is 0.179. The van der Waals surface area contributed by atoms with Crippen LogP contribution < -0.4 is 11.5 Å². The normalized spacial score (nSPS) is 10.9. The van der Waals surface area contributed by atoms with E-state index in [4.69, 9.17) is 11.5 Å². The van der Waals surface area contributed by atoms with Crippen LogP contribution in [0.4, 0.5) is 11.8 Å². The van der Waals surface area contributed by atoms with Gasteiger partial charge in [-0.05, 0) is 11.6 Å². The number of aromatic nitrogens is 4. The first-order valence-electron chi connectivity index (χ1n) is 5.45. The van der Waals surface area contributed by atoms with Gasteiger partial charge in [-0.25, -0.2) is 4.98 Å². The maximum Gasteiger partial charge on any atom is 0.221 e. The first-order valence-corrected chi connectivity index (χ1v) is 5.45. The molecule has 0 fully saturated rings. The number of nitrogens with zero attached hydrogens (tertiary/aromatic N) is 4. The van der Waals surface area contributed by atoms with Crippen LogP contribution in [0, 0.1) is 0 Å². The first-order chi connectivity index (χ1) is 8.65. The quantitative estimate of drug-likeness (QED) is 0.666. The van der Waals surface area contributed by atoms with Gasteiger partial charge in [0.05, 0.1) is 11.7 Å². The fourth-order valence-electron chi connectivity index (χ4n) is 1.94. The molecular formula is C12H12N6. The van der Waals surface area contributed by atoms with Crippen molar-refractivity contribution in [1.29, 1.82) is 0 Å². The number of hydrogen-bond donors (Lipinski definition) is 2. The summed E-state index contributed by atoms with van der Waals surface area (Å²) in [6.07, 6.45) is 3.46. The smallest absolute Gasteiger partial charge is 0.221 e. The summed E-state index contributed by atoms with van der Waals surface area (Å²) >= 11 is 0. The van der Waals surface area contributed by atoms with Gasteiger partial charge < -0.3 is 11.5 Å². The second-order valence-electron chi connectivity index (χ2n) is 4.07. The molecule has 0 aliphatic rings. The molecule has 18 heavy (non-hydrogen) atoms. The van der Waals surface area contributed by atoms with Crippen LogP contribution in [0.3, 0.4) is 0 Å². The highest BCUT2D eigenvalue weighted by molar-refractivity contribution is 5.86. The molecule has 0 bridgehead atoms. The zero-order valence-corrected chi connectivity index (χ0v) is 9.83. The second-order valence-corrected chi connectivity index (χ2v) is 4.07.